The zero-order valence-corrected chi connectivity index (χ0v) is 15.5. The van der Waals surface area contributed by atoms with Crippen molar-refractivity contribution in [2.45, 2.75) is 37.1 Å². The number of carbonyl (C=O) groups excluding carboxylic acids is 1. The van der Waals surface area contributed by atoms with Crippen LogP contribution in [0.3, 0.4) is 0 Å². The minimum absolute atomic E-state index is 0. The van der Waals surface area contributed by atoms with Gasteiger partial charge in [-0.15, -0.1) is 24.2 Å². The number of carbonyl (C=O) groups is 1. The summed E-state index contributed by atoms with van der Waals surface area (Å²) in [5.41, 5.74) is 5.94. The Balaban J connectivity index is 0.00000264. The smallest absolute Gasteiger partial charge is 0.223 e. The lowest BCUT2D eigenvalue weighted by Gasteiger charge is -2.33. The van der Waals surface area contributed by atoms with Gasteiger partial charge in [-0.3, -0.25) is 4.79 Å². The molecular weight excluding hydrogens is 332 g/mol. The fourth-order valence-electron chi connectivity index (χ4n) is 2.76. The van der Waals surface area contributed by atoms with E-state index in [9.17, 15) is 4.79 Å². The summed E-state index contributed by atoms with van der Waals surface area (Å²) in [5.74, 6) is 2.51. The minimum atomic E-state index is 0. The Morgan fingerprint density at radius 2 is 1.96 bits per heavy atom. The van der Waals surface area contributed by atoms with Crippen LogP contribution in [0.25, 0.3) is 0 Å². The topological polar surface area (TPSA) is 55.6 Å². The lowest BCUT2D eigenvalue weighted by atomic mass is 9.91. The number of rotatable bonds is 6. The van der Waals surface area contributed by atoms with Crippen molar-refractivity contribution >= 4 is 30.1 Å². The number of thioether (sulfide) groups is 1. The van der Waals surface area contributed by atoms with Crippen LogP contribution in [0, 0.1) is 5.92 Å². The van der Waals surface area contributed by atoms with Gasteiger partial charge in [0.2, 0.25) is 5.91 Å². The molecule has 1 atom stereocenters. The number of benzene rings is 1. The van der Waals surface area contributed by atoms with E-state index in [1.165, 1.54) is 4.90 Å². The Morgan fingerprint density at radius 1 is 1.35 bits per heavy atom. The Labute approximate surface area is 149 Å². The van der Waals surface area contributed by atoms with Crippen LogP contribution in [0.5, 0.6) is 5.75 Å². The largest absolute Gasteiger partial charge is 0.497 e. The van der Waals surface area contributed by atoms with E-state index < -0.39 is 0 Å². The lowest BCUT2D eigenvalue weighted by Crippen LogP contribution is -2.42. The van der Waals surface area contributed by atoms with Crippen LogP contribution >= 0.6 is 24.2 Å². The molecule has 0 aromatic heterocycles. The van der Waals surface area contributed by atoms with E-state index in [0.717, 1.165) is 37.4 Å². The number of hydrogen-bond acceptors (Lipinski definition) is 4. The van der Waals surface area contributed by atoms with Crippen molar-refractivity contribution in [3.63, 3.8) is 0 Å². The molecule has 130 valence electrons. The first-order valence-corrected chi connectivity index (χ1v) is 8.89. The van der Waals surface area contributed by atoms with Crippen LogP contribution in [0.2, 0.25) is 0 Å². The van der Waals surface area contributed by atoms with E-state index in [-0.39, 0.29) is 24.4 Å². The zero-order chi connectivity index (χ0) is 15.9. The molecule has 1 unspecified atom stereocenters. The van der Waals surface area contributed by atoms with Crippen molar-refractivity contribution in [2.75, 3.05) is 26.0 Å². The number of ether oxygens (including phenoxy) is 1. The monoisotopic (exact) mass is 358 g/mol. The summed E-state index contributed by atoms with van der Waals surface area (Å²) in [6.07, 6.45) is 2.67. The first-order chi connectivity index (χ1) is 10.6. The van der Waals surface area contributed by atoms with Crippen molar-refractivity contribution in [2.24, 2.45) is 11.7 Å². The van der Waals surface area contributed by atoms with Gasteiger partial charge in [0.1, 0.15) is 5.75 Å². The molecule has 2 rings (SSSR count). The summed E-state index contributed by atoms with van der Waals surface area (Å²) in [6, 6.07) is 8.19. The van der Waals surface area contributed by atoms with Gasteiger partial charge in [0.25, 0.3) is 0 Å². The fourth-order valence-corrected chi connectivity index (χ4v) is 3.60. The minimum Gasteiger partial charge on any atom is -0.497 e. The molecule has 1 aromatic carbocycles. The van der Waals surface area contributed by atoms with Gasteiger partial charge in [0.05, 0.1) is 7.11 Å². The van der Waals surface area contributed by atoms with E-state index in [4.69, 9.17) is 10.5 Å². The lowest BCUT2D eigenvalue weighted by molar-refractivity contribution is -0.132. The van der Waals surface area contributed by atoms with E-state index in [2.05, 4.69) is 6.92 Å². The fraction of sp³-hybridized carbons (Fsp3) is 0.588. The van der Waals surface area contributed by atoms with Crippen LogP contribution < -0.4 is 10.5 Å². The SMILES string of the molecule is COc1ccc(SCCC(=O)N2CCC(C(C)N)CC2)cc1.Cl. The highest BCUT2D eigenvalue weighted by Gasteiger charge is 2.24. The molecule has 0 aliphatic carbocycles. The molecule has 23 heavy (non-hydrogen) atoms. The third-order valence-electron chi connectivity index (χ3n) is 4.28. The van der Waals surface area contributed by atoms with E-state index in [1.807, 2.05) is 29.2 Å². The molecule has 6 heteroatoms. The number of likely N-dealkylation sites (tertiary alicyclic amines) is 1. The molecule has 1 saturated heterocycles. The normalized spacial score (nSPS) is 16.6. The first-order valence-electron chi connectivity index (χ1n) is 7.90. The second-order valence-electron chi connectivity index (χ2n) is 5.85. The molecule has 0 radical (unpaired) electrons. The molecule has 1 aromatic rings. The number of hydrogen-bond donors (Lipinski definition) is 1. The molecule has 1 heterocycles. The van der Waals surface area contributed by atoms with Crippen LogP contribution in [-0.4, -0.2) is 42.8 Å². The van der Waals surface area contributed by atoms with Crippen LogP contribution in [0.1, 0.15) is 26.2 Å². The summed E-state index contributed by atoms with van der Waals surface area (Å²) < 4.78 is 5.14. The van der Waals surface area contributed by atoms with Crippen molar-refractivity contribution < 1.29 is 9.53 Å². The number of nitrogens with two attached hydrogens (primary N) is 1. The number of amides is 1. The van der Waals surface area contributed by atoms with E-state index in [1.54, 1.807) is 18.9 Å². The highest BCUT2D eigenvalue weighted by Crippen LogP contribution is 2.23. The van der Waals surface area contributed by atoms with Gasteiger partial charge < -0.3 is 15.4 Å². The highest BCUT2D eigenvalue weighted by molar-refractivity contribution is 7.99. The van der Waals surface area contributed by atoms with Gasteiger partial charge in [0, 0.05) is 36.2 Å². The maximum absolute atomic E-state index is 12.2. The molecule has 0 spiro atoms. The second-order valence-corrected chi connectivity index (χ2v) is 7.02. The average Bonchev–Trinajstić information content (AvgIpc) is 2.55. The Kier molecular flexibility index (Phi) is 8.81. The average molecular weight is 359 g/mol. The highest BCUT2D eigenvalue weighted by atomic mass is 35.5. The third kappa shape index (κ3) is 6.24. The van der Waals surface area contributed by atoms with Gasteiger partial charge in [0.15, 0.2) is 0 Å². The molecule has 0 saturated carbocycles. The quantitative estimate of drug-likeness (QED) is 0.793. The molecule has 4 nitrogen and oxygen atoms in total. The first kappa shape index (κ1) is 20.1. The maximum atomic E-state index is 12.2. The molecule has 1 aliphatic rings. The molecule has 1 aliphatic heterocycles. The number of nitrogens with zero attached hydrogens (tertiary/aromatic N) is 1. The Morgan fingerprint density at radius 3 is 2.48 bits per heavy atom. The van der Waals surface area contributed by atoms with Crippen LogP contribution in [0.4, 0.5) is 0 Å². The summed E-state index contributed by atoms with van der Waals surface area (Å²) in [6.45, 7) is 3.78. The molecule has 0 bridgehead atoms. The van der Waals surface area contributed by atoms with Crippen molar-refractivity contribution in [3.05, 3.63) is 24.3 Å². The summed E-state index contributed by atoms with van der Waals surface area (Å²) >= 11 is 1.71. The maximum Gasteiger partial charge on any atom is 0.223 e. The number of halogens is 1. The van der Waals surface area contributed by atoms with Gasteiger partial charge in [-0.1, -0.05) is 0 Å². The standard InChI is InChI=1S/C17H26N2O2S.ClH/c1-13(18)14-7-10-19(11-8-14)17(20)9-12-22-16-5-3-15(21-2)4-6-16;/h3-6,13-14H,7-12,18H2,1-2H3;1H. The van der Waals surface area contributed by atoms with Gasteiger partial charge in [-0.25, -0.2) is 0 Å². The third-order valence-corrected chi connectivity index (χ3v) is 5.29. The Bertz CT molecular complexity index is 474. The Hall–Kier alpha value is -0.910. The summed E-state index contributed by atoms with van der Waals surface area (Å²) in [5, 5.41) is 0. The number of methoxy groups -OCH3 is 1. The molecule has 1 amide bonds. The second kappa shape index (κ2) is 10.1. The summed E-state index contributed by atoms with van der Waals surface area (Å²) in [4.78, 5) is 15.4. The van der Waals surface area contributed by atoms with Gasteiger partial charge in [-0.2, -0.15) is 0 Å². The van der Waals surface area contributed by atoms with Crippen molar-refractivity contribution in [1.29, 1.82) is 0 Å². The van der Waals surface area contributed by atoms with E-state index in [0.29, 0.717) is 12.3 Å². The van der Waals surface area contributed by atoms with Crippen molar-refractivity contribution in [3.8, 4) is 5.75 Å². The van der Waals surface area contributed by atoms with Crippen LogP contribution in [0.15, 0.2) is 29.2 Å². The molecular formula is C17H27ClN2O2S. The van der Waals surface area contributed by atoms with Crippen LogP contribution in [-0.2, 0) is 4.79 Å². The van der Waals surface area contributed by atoms with Gasteiger partial charge in [-0.05, 0) is 49.9 Å². The molecule has 2 N–H and O–H groups in total. The predicted molar refractivity (Wildman–Crippen MR) is 98.5 cm³/mol. The van der Waals surface area contributed by atoms with E-state index >= 15 is 0 Å². The van der Waals surface area contributed by atoms with Crippen molar-refractivity contribution in [1.82, 2.24) is 4.90 Å². The summed E-state index contributed by atoms with van der Waals surface area (Å²) in [7, 11) is 1.66. The zero-order valence-electron chi connectivity index (χ0n) is 13.9. The van der Waals surface area contributed by atoms with Gasteiger partial charge >= 0.3 is 0 Å². The number of piperidine rings is 1. The predicted octanol–water partition coefficient (Wildman–Crippen LogP) is 3.19. The molecule has 1 fully saturated rings.